The molecule has 0 radical (unpaired) electrons. The van der Waals surface area contributed by atoms with Crippen molar-refractivity contribution >= 4 is 30.7 Å². The summed E-state index contributed by atoms with van der Waals surface area (Å²) < 4.78 is 0. The van der Waals surface area contributed by atoms with Gasteiger partial charge in [-0.1, -0.05) is 30.3 Å². The van der Waals surface area contributed by atoms with Crippen molar-refractivity contribution in [3.8, 4) is 0 Å². The molecule has 1 aromatic carbocycles. The smallest absolute Gasteiger partial charge is 0.222 e. The molecular formula is C20H33Cl2N3O. The molecule has 4 nitrogen and oxygen atoms in total. The van der Waals surface area contributed by atoms with Gasteiger partial charge in [-0.3, -0.25) is 9.69 Å². The number of amides is 1. The molecule has 2 aliphatic heterocycles. The highest BCUT2D eigenvalue weighted by atomic mass is 35.5. The van der Waals surface area contributed by atoms with Gasteiger partial charge >= 0.3 is 0 Å². The van der Waals surface area contributed by atoms with Crippen molar-refractivity contribution in [2.24, 2.45) is 5.92 Å². The second-order valence-corrected chi connectivity index (χ2v) is 7.19. The fourth-order valence-corrected chi connectivity index (χ4v) is 3.81. The van der Waals surface area contributed by atoms with Gasteiger partial charge in [0.05, 0.1) is 0 Å². The van der Waals surface area contributed by atoms with E-state index in [1.807, 2.05) is 0 Å². The summed E-state index contributed by atoms with van der Waals surface area (Å²) in [5.41, 5.74) is 1.40. The number of hydrogen-bond acceptors (Lipinski definition) is 3. The third-order valence-electron chi connectivity index (χ3n) is 5.51. The van der Waals surface area contributed by atoms with Gasteiger partial charge in [-0.05, 0) is 50.3 Å². The Morgan fingerprint density at radius 2 is 1.65 bits per heavy atom. The molecule has 0 aliphatic carbocycles. The molecule has 0 aromatic heterocycles. The topological polar surface area (TPSA) is 35.6 Å². The minimum absolute atomic E-state index is 0. The summed E-state index contributed by atoms with van der Waals surface area (Å²) in [6.07, 6.45) is 5.40. The molecule has 0 spiro atoms. The first kappa shape index (κ1) is 23.2. The van der Waals surface area contributed by atoms with Crippen LogP contribution >= 0.6 is 24.8 Å². The van der Waals surface area contributed by atoms with E-state index in [9.17, 15) is 4.79 Å². The maximum absolute atomic E-state index is 12.4. The van der Waals surface area contributed by atoms with Gasteiger partial charge in [0.25, 0.3) is 0 Å². The Bertz CT molecular complexity index is 501. The van der Waals surface area contributed by atoms with Gasteiger partial charge in [0.15, 0.2) is 0 Å². The fraction of sp³-hybridized carbons (Fsp3) is 0.650. The van der Waals surface area contributed by atoms with Crippen LogP contribution in [0.1, 0.15) is 31.2 Å². The van der Waals surface area contributed by atoms with Crippen molar-refractivity contribution in [1.29, 1.82) is 0 Å². The van der Waals surface area contributed by atoms with Gasteiger partial charge < -0.3 is 10.2 Å². The van der Waals surface area contributed by atoms with E-state index in [0.717, 1.165) is 71.0 Å². The minimum atomic E-state index is 0. The monoisotopic (exact) mass is 401 g/mol. The highest BCUT2D eigenvalue weighted by Crippen LogP contribution is 2.18. The first-order valence-corrected chi connectivity index (χ1v) is 9.56. The van der Waals surface area contributed by atoms with E-state index < -0.39 is 0 Å². The predicted molar refractivity (Wildman–Crippen MR) is 112 cm³/mol. The highest BCUT2D eigenvalue weighted by molar-refractivity contribution is 5.85. The summed E-state index contributed by atoms with van der Waals surface area (Å²) in [6.45, 7) is 7.19. The van der Waals surface area contributed by atoms with Crippen molar-refractivity contribution in [1.82, 2.24) is 15.1 Å². The number of hydrogen-bond donors (Lipinski definition) is 1. The van der Waals surface area contributed by atoms with Crippen LogP contribution in [0.25, 0.3) is 0 Å². The molecule has 0 unspecified atom stereocenters. The molecule has 2 fully saturated rings. The van der Waals surface area contributed by atoms with Crippen molar-refractivity contribution in [2.75, 3.05) is 45.8 Å². The molecule has 1 aromatic rings. The van der Waals surface area contributed by atoms with E-state index in [2.05, 4.69) is 45.4 Å². The lowest BCUT2D eigenvalue weighted by Crippen LogP contribution is -2.49. The Labute approximate surface area is 170 Å². The van der Waals surface area contributed by atoms with E-state index in [1.54, 1.807) is 0 Å². The van der Waals surface area contributed by atoms with Crippen LogP contribution < -0.4 is 5.32 Å². The molecule has 148 valence electrons. The van der Waals surface area contributed by atoms with Crippen molar-refractivity contribution in [2.45, 2.75) is 32.1 Å². The largest absolute Gasteiger partial charge is 0.340 e. The van der Waals surface area contributed by atoms with Crippen LogP contribution in [0.15, 0.2) is 30.3 Å². The Balaban J connectivity index is 0.00000169. The number of carbonyl (C=O) groups is 1. The third-order valence-corrected chi connectivity index (χ3v) is 5.51. The van der Waals surface area contributed by atoms with Crippen LogP contribution in [0, 0.1) is 5.92 Å². The molecule has 2 saturated heterocycles. The Kier molecular flexibility index (Phi) is 11.2. The zero-order valence-corrected chi connectivity index (χ0v) is 17.2. The number of piperazine rings is 1. The molecule has 0 bridgehead atoms. The zero-order valence-electron chi connectivity index (χ0n) is 15.6. The molecule has 0 atom stereocenters. The van der Waals surface area contributed by atoms with Crippen LogP contribution in [0.5, 0.6) is 0 Å². The highest BCUT2D eigenvalue weighted by Gasteiger charge is 2.22. The van der Waals surface area contributed by atoms with Gasteiger partial charge in [-0.2, -0.15) is 0 Å². The van der Waals surface area contributed by atoms with Crippen LogP contribution in [0.3, 0.4) is 0 Å². The van der Waals surface area contributed by atoms with Gasteiger partial charge in [0.2, 0.25) is 5.91 Å². The van der Waals surface area contributed by atoms with E-state index >= 15 is 0 Å². The summed E-state index contributed by atoms with van der Waals surface area (Å²) in [6, 6.07) is 10.7. The van der Waals surface area contributed by atoms with Crippen molar-refractivity contribution in [3.63, 3.8) is 0 Å². The maximum atomic E-state index is 12.4. The van der Waals surface area contributed by atoms with Gasteiger partial charge in [-0.25, -0.2) is 0 Å². The first-order valence-electron chi connectivity index (χ1n) is 9.56. The standard InChI is InChI=1S/C20H31N3O.2ClH/c24-20(7-6-19-8-11-21-12-9-19)23-16-14-22(15-17-23)13-10-18-4-2-1-3-5-18;;/h1-5,19,21H,6-17H2;2*1H. The number of nitrogens with one attached hydrogen (secondary N) is 1. The molecule has 6 heteroatoms. The van der Waals surface area contributed by atoms with Gasteiger partial charge in [0, 0.05) is 39.1 Å². The normalized spacial score (nSPS) is 18.7. The Hall–Kier alpha value is -0.810. The molecule has 26 heavy (non-hydrogen) atoms. The lowest BCUT2D eigenvalue weighted by molar-refractivity contribution is -0.133. The molecule has 2 heterocycles. The number of piperidine rings is 1. The SMILES string of the molecule is Cl.Cl.O=C(CCC1CCNCC1)N1CCN(CCc2ccccc2)CC1. The van der Waals surface area contributed by atoms with Crippen molar-refractivity contribution in [3.05, 3.63) is 35.9 Å². The molecular weight excluding hydrogens is 369 g/mol. The number of benzene rings is 1. The summed E-state index contributed by atoms with van der Waals surface area (Å²) in [5, 5.41) is 3.39. The predicted octanol–water partition coefficient (Wildman–Crippen LogP) is 3.00. The third kappa shape index (κ3) is 7.43. The summed E-state index contributed by atoms with van der Waals surface area (Å²) in [5.74, 6) is 1.12. The van der Waals surface area contributed by atoms with E-state index in [1.165, 1.54) is 18.4 Å². The second kappa shape index (κ2) is 12.6. The number of nitrogens with zero attached hydrogens (tertiary/aromatic N) is 2. The maximum Gasteiger partial charge on any atom is 0.222 e. The van der Waals surface area contributed by atoms with Crippen LogP contribution in [-0.2, 0) is 11.2 Å². The average molecular weight is 402 g/mol. The number of rotatable bonds is 6. The Morgan fingerprint density at radius 1 is 1.00 bits per heavy atom. The molecule has 3 rings (SSSR count). The van der Waals surface area contributed by atoms with Crippen LogP contribution in [-0.4, -0.2) is 61.5 Å². The molecule has 2 aliphatic rings. The minimum Gasteiger partial charge on any atom is -0.340 e. The average Bonchev–Trinajstić information content (AvgIpc) is 2.66. The van der Waals surface area contributed by atoms with E-state index in [4.69, 9.17) is 0 Å². The molecule has 1 N–H and O–H groups in total. The van der Waals surface area contributed by atoms with Crippen LogP contribution in [0.4, 0.5) is 0 Å². The van der Waals surface area contributed by atoms with Crippen LogP contribution in [0.2, 0.25) is 0 Å². The van der Waals surface area contributed by atoms with E-state index in [0.29, 0.717) is 5.91 Å². The quantitative estimate of drug-likeness (QED) is 0.795. The lowest BCUT2D eigenvalue weighted by Gasteiger charge is -2.35. The first-order chi connectivity index (χ1) is 11.8. The Morgan fingerprint density at radius 3 is 2.31 bits per heavy atom. The number of carbonyl (C=O) groups excluding carboxylic acids is 1. The second-order valence-electron chi connectivity index (χ2n) is 7.19. The van der Waals surface area contributed by atoms with Gasteiger partial charge in [0.1, 0.15) is 0 Å². The van der Waals surface area contributed by atoms with Crippen molar-refractivity contribution < 1.29 is 4.79 Å². The lowest BCUT2D eigenvalue weighted by atomic mass is 9.93. The molecule has 1 amide bonds. The summed E-state index contributed by atoms with van der Waals surface area (Å²) in [7, 11) is 0. The van der Waals surface area contributed by atoms with Gasteiger partial charge in [-0.15, -0.1) is 24.8 Å². The van der Waals surface area contributed by atoms with E-state index in [-0.39, 0.29) is 24.8 Å². The summed E-state index contributed by atoms with van der Waals surface area (Å²) >= 11 is 0. The summed E-state index contributed by atoms with van der Waals surface area (Å²) in [4.78, 5) is 17.0. The fourth-order valence-electron chi connectivity index (χ4n) is 3.81. The number of halogens is 2. The molecule has 0 saturated carbocycles. The zero-order chi connectivity index (χ0) is 16.6.